The van der Waals surface area contributed by atoms with Crippen molar-refractivity contribution in [3.63, 3.8) is 0 Å². The average molecular weight is 859 g/mol. The van der Waals surface area contributed by atoms with Crippen LogP contribution in [0.1, 0.15) is 213 Å². The first-order chi connectivity index (χ1) is 30.6. The largest absolute Gasteiger partial charge is 0.461 e. The third kappa shape index (κ3) is 49.2. The zero-order valence-corrected chi connectivity index (χ0v) is 40.3. The molecule has 62 heavy (non-hydrogen) atoms. The number of carbonyl (C=O) groups excluding carboxylic acids is 2. The highest BCUT2D eigenvalue weighted by Crippen LogP contribution is 2.14. The number of allylic oxidation sites excluding steroid dienone is 17. The first-order valence-electron chi connectivity index (χ1n) is 25.4. The van der Waals surface area contributed by atoms with Crippen molar-refractivity contribution in [3.8, 4) is 0 Å². The van der Waals surface area contributed by atoms with Gasteiger partial charge in [0.2, 0.25) is 0 Å². The average Bonchev–Trinajstić information content (AvgIpc) is 3.27. The standard InChI is InChI=1S/C57H94O5/c1-4-7-10-13-16-19-22-25-28-31-34-37-40-43-46-49-52-60-53-55(62-57(59)51-48-45-42-39-36-33-30-27-24-21-18-15-12-9-6-3)54-61-56(58)50-47-44-41-38-35-32-29-26-23-20-17-14-11-8-5-2/h7-8,10-11,16-17,19-20,25-26,28-29,34-35,37-38,44,47,55H,4-6,9,12-15,18,21-24,27,30-33,36,39-43,45-46,48-54H2,1-3H3/b10-7-,11-8-,19-16-,20-17-,28-25-,29-26-,37-34-,38-35-,47-44-. The fourth-order valence-electron chi connectivity index (χ4n) is 6.63. The van der Waals surface area contributed by atoms with Crippen LogP contribution in [-0.2, 0) is 23.8 Å². The molecule has 0 amide bonds. The van der Waals surface area contributed by atoms with E-state index in [1.807, 2.05) is 12.2 Å². The van der Waals surface area contributed by atoms with Crippen LogP contribution >= 0.6 is 0 Å². The lowest BCUT2D eigenvalue weighted by atomic mass is 10.0. The lowest BCUT2D eigenvalue weighted by molar-refractivity contribution is -0.162. The molecule has 1 unspecified atom stereocenters. The predicted octanol–water partition coefficient (Wildman–Crippen LogP) is 17.2. The molecular formula is C57H94O5. The lowest BCUT2D eigenvalue weighted by Crippen LogP contribution is -2.30. The Balaban J connectivity index is 4.46. The van der Waals surface area contributed by atoms with E-state index in [1.165, 1.54) is 77.0 Å². The smallest absolute Gasteiger partial charge is 0.309 e. The van der Waals surface area contributed by atoms with E-state index in [4.69, 9.17) is 14.2 Å². The molecule has 0 radical (unpaired) electrons. The maximum atomic E-state index is 12.8. The quantitative estimate of drug-likeness (QED) is 0.0347. The van der Waals surface area contributed by atoms with Crippen molar-refractivity contribution in [3.05, 3.63) is 109 Å². The molecule has 0 saturated heterocycles. The summed E-state index contributed by atoms with van der Waals surface area (Å²) >= 11 is 0. The SMILES string of the molecule is CC/C=C\C/C=C\C/C=C\C/C=C\C/C=C\CC(=O)OCC(COCCCCC/C=C\C/C=C\C/C=C\C/C=C\CC)OC(=O)CCCCCCCCCCCCCCCCC. The summed E-state index contributed by atoms with van der Waals surface area (Å²) in [7, 11) is 0. The Labute approximate surface area is 383 Å². The van der Waals surface area contributed by atoms with Gasteiger partial charge in [-0.15, -0.1) is 0 Å². The van der Waals surface area contributed by atoms with Crippen LogP contribution in [0.2, 0.25) is 0 Å². The molecule has 0 rings (SSSR count). The van der Waals surface area contributed by atoms with E-state index < -0.39 is 6.10 Å². The Morgan fingerprint density at radius 3 is 1.23 bits per heavy atom. The summed E-state index contributed by atoms with van der Waals surface area (Å²) in [5.41, 5.74) is 0. The summed E-state index contributed by atoms with van der Waals surface area (Å²) in [4.78, 5) is 25.3. The minimum absolute atomic E-state index is 0.0139. The van der Waals surface area contributed by atoms with Gasteiger partial charge in [-0.2, -0.15) is 0 Å². The van der Waals surface area contributed by atoms with Gasteiger partial charge in [-0.3, -0.25) is 9.59 Å². The molecule has 0 spiro atoms. The van der Waals surface area contributed by atoms with Crippen LogP contribution in [0.15, 0.2) is 109 Å². The van der Waals surface area contributed by atoms with E-state index >= 15 is 0 Å². The number of esters is 2. The van der Waals surface area contributed by atoms with E-state index in [-0.39, 0.29) is 31.6 Å². The van der Waals surface area contributed by atoms with Crippen LogP contribution < -0.4 is 0 Å². The maximum absolute atomic E-state index is 12.8. The van der Waals surface area contributed by atoms with Gasteiger partial charge >= 0.3 is 11.9 Å². The Morgan fingerprint density at radius 1 is 0.387 bits per heavy atom. The Hall–Kier alpha value is -3.44. The number of hydrogen-bond acceptors (Lipinski definition) is 5. The summed E-state index contributed by atoms with van der Waals surface area (Å²) in [6.07, 6.45) is 71.2. The van der Waals surface area contributed by atoms with Crippen molar-refractivity contribution in [2.45, 2.75) is 219 Å². The summed E-state index contributed by atoms with van der Waals surface area (Å²) in [6, 6.07) is 0. The highest BCUT2D eigenvalue weighted by molar-refractivity contribution is 5.71. The zero-order valence-electron chi connectivity index (χ0n) is 40.3. The van der Waals surface area contributed by atoms with E-state index in [9.17, 15) is 9.59 Å². The van der Waals surface area contributed by atoms with Crippen molar-refractivity contribution in [1.29, 1.82) is 0 Å². The molecule has 0 aromatic heterocycles. The second-order valence-electron chi connectivity index (χ2n) is 16.3. The molecule has 0 aliphatic carbocycles. The Kier molecular flexibility index (Phi) is 49.0. The maximum Gasteiger partial charge on any atom is 0.309 e. The fourth-order valence-corrected chi connectivity index (χ4v) is 6.63. The van der Waals surface area contributed by atoms with E-state index in [0.29, 0.717) is 13.0 Å². The van der Waals surface area contributed by atoms with Crippen LogP contribution in [0.3, 0.4) is 0 Å². The first kappa shape index (κ1) is 58.6. The van der Waals surface area contributed by atoms with Gasteiger partial charge in [-0.25, -0.2) is 0 Å². The molecule has 352 valence electrons. The molecule has 5 nitrogen and oxygen atoms in total. The molecule has 0 N–H and O–H groups in total. The van der Waals surface area contributed by atoms with Crippen LogP contribution in [-0.4, -0.2) is 37.9 Å². The van der Waals surface area contributed by atoms with Gasteiger partial charge in [0.15, 0.2) is 6.10 Å². The second-order valence-corrected chi connectivity index (χ2v) is 16.3. The third-order valence-electron chi connectivity index (χ3n) is 10.3. The molecular weight excluding hydrogens is 765 g/mol. The van der Waals surface area contributed by atoms with Crippen molar-refractivity contribution in [1.82, 2.24) is 0 Å². The van der Waals surface area contributed by atoms with Crippen molar-refractivity contribution in [2.24, 2.45) is 0 Å². The van der Waals surface area contributed by atoms with Gasteiger partial charge in [0.25, 0.3) is 0 Å². The first-order valence-corrected chi connectivity index (χ1v) is 25.4. The number of hydrogen-bond donors (Lipinski definition) is 0. The van der Waals surface area contributed by atoms with E-state index in [0.717, 1.165) is 103 Å². The second kappa shape index (κ2) is 51.9. The predicted molar refractivity (Wildman–Crippen MR) is 269 cm³/mol. The summed E-state index contributed by atoms with van der Waals surface area (Å²) in [5.74, 6) is -0.564. The summed E-state index contributed by atoms with van der Waals surface area (Å²) in [5, 5.41) is 0. The number of ether oxygens (including phenoxy) is 3. The van der Waals surface area contributed by atoms with Gasteiger partial charge in [-0.05, 0) is 83.5 Å². The highest BCUT2D eigenvalue weighted by atomic mass is 16.6. The van der Waals surface area contributed by atoms with Gasteiger partial charge in [0.05, 0.1) is 13.0 Å². The van der Waals surface area contributed by atoms with Crippen LogP contribution in [0.4, 0.5) is 0 Å². The molecule has 0 fully saturated rings. The van der Waals surface area contributed by atoms with Gasteiger partial charge in [0, 0.05) is 13.0 Å². The number of rotatable bonds is 45. The van der Waals surface area contributed by atoms with Crippen LogP contribution in [0.5, 0.6) is 0 Å². The lowest BCUT2D eigenvalue weighted by Gasteiger charge is -2.18. The minimum atomic E-state index is -0.597. The third-order valence-corrected chi connectivity index (χ3v) is 10.3. The molecule has 1 atom stereocenters. The van der Waals surface area contributed by atoms with E-state index in [1.54, 1.807) is 0 Å². The van der Waals surface area contributed by atoms with Gasteiger partial charge in [-0.1, -0.05) is 226 Å². The zero-order chi connectivity index (χ0) is 44.9. The Bertz CT molecular complexity index is 1250. The molecule has 0 aromatic carbocycles. The van der Waals surface area contributed by atoms with Gasteiger partial charge in [0.1, 0.15) is 6.61 Å². The van der Waals surface area contributed by atoms with Crippen molar-refractivity contribution < 1.29 is 23.8 Å². The molecule has 0 aliphatic heterocycles. The Morgan fingerprint density at radius 2 is 0.774 bits per heavy atom. The summed E-state index contributed by atoms with van der Waals surface area (Å²) < 4.78 is 17.3. The molecule has 0 heterocycles. The number of carbonyl (C=O) groups is 2. The summed E-state index contributed by atoms with van der Waals surface area (Å²) in [6.45, 7) is 7.42. The topological polar surface area (TPSA) is 61.8 Å². The molecule has 0 bridgehead atoms. The van der Waals surface area contributed by atoms with Crippen molar-refractivity contribution >= 4 is 11.9 Å². The van der Waals surface area contributed by atoms with E-state index in [2.05, 4.69) is 118 Å². The molecule has 0 saturated carbocycles. The van der Waals surface area contributed by atoms with Gasteiger partial charge < -0.3 is 14.2 Å². The normalized spacial score (nSPS) is 13.1. The molecule has 5 heteroatoms. The van der Waals surface area contributed by atoms with Crippen LogP contribution in [0, 0.1) is 0 Å². The number of unbranched alkanes of at least 4 members (excludes halogenated alkanes) is 17. The monoisotopic (exact) mass is 859 g/mol. The fraction of sp³-hybridized carbons (Fsp3) is 0.649. The molecule has 0 aromatic rings. The van der Waals surface area contributed by atoms with Crippen molar-refractivity contribution in [2.75, 3.05) is 19.8 Å². The van der Waals surface area contributed by atoms with Crippen LogP contribution in [0.25, 0.3) is 0 Å². The minimum Gasteiger partial charge on any atom is -0.461 e. The highest BCUT2D eigenvalue weighted by Gasteiger charge is 2.17. The molecule has 0 aliphatic rings.